The molecule has 0 radical (unpaired) electrons. The molecule has 0 bridgehead atoms. The van der Waals surface area contributed by atoms with Crippen molar-refractivity contribution in [2.45, 2.75) is 90.3 Å². The standard InChI is InChI=1S/C25H34O2/c1-3-4-12-25(13-14-25)23-10-9-22-19(6-5-11-24(22,23)2)8-7-18-15-20(26)17-21(27)16-18/h7-8,10,20-22,26-27H,5-6,9,11-17H2,1-2H3/b19-8+/t20-,21-,22+,24+/m1/s1. The molecule has 2 nitrogen and oxygen atoms in total. The molecule has 4 rings (SSSR count). The third kappa shape index (κ3) is 3.57. The van der Waals surface area contributed by atoms with E-state index in [1.54, 1.807) is 11.1 Å². The van der Waals surface area contributed by atoms with Gasteiger partial charge in [-0.05, 0) is 76.0 Å². The van der Waals surface area contributed by atoms with Gasteiger partial charge in [-0.1, -0.05) is 41.9 Å². The van der Waals surface area contributed by atoms with Gasteiger partial charge in [-0.15, -0.1) is 11.8 Å². The molecule has 4 atom stereocenters. The zero-order valence-electron chi connectivity index (χ0n) is 16.9. The van der Waals surface area contributed by atoms with Crippen molar-refractivity contribution in [1.82, 2.24) is 0 Å². The van der Waals surface area contributed by atoms with Crippen molar-refractivity contribution in [3.63, 3.8) is 0 Å². The van der Waals surface area contributed by atoms with Crippen molar-refractivity contribution in [3.8, 4) is 11.8 Å². The molecule has 0 heterocycles. The van der Waals surface area contributed by atoms with Gasteiger partial charge in [-0.25, -0.2) is 0 Å². The highest BCUT2D eigenvalue weighted by atomic mass is 16.3. The van der Waals surface area contributed by atoms with Gasteiger partial charge in [0.15, 0.2) is 0 Å². The fraction of sp³-hybridized carbons (Fsp3) is 0.680. The summed E-state index contributed by atoms with van der Waals surface area (Å²) in [5, 5.41) is 19.9. The number of hydrogen-bond donors (Lipinski definition) is 2. The highest BCUT2D eigenvalue weighted by Crippen LogP contribution is 2.67. The van der Waals surface area contributed by atoms with Crippen LogP contribution in [0.15, 0.2) is 34.9 Å². The van der Waals surface area contributed by atoms with Gasteiger partial charge in [-0.3, -0.25) is 0 Å². The van der Waals surface area contributed by atoms with E-state index in [9.17, 15) is 10.2 Å². The van der Waals surface area contributed by atoms with E-state index in [1.165, 1.54) is 44.1 Å². The highest BCUT2D eigenvalue weighted by Gasteiger charge is 2.56. The largest absolute Gasteiger partial charge is 0.393 e. The molecule has 0 saturated heterocycles. The van der Waals surface area contributed by atoms with Gasteiger partial charge in [0.25, 0.3) is 0 Å². The third-order valence-electron chi connectivity index (χ3n) is 7.65. The minimum Gasteiger partial charge on any atom is -0.393 e. The van der Waals surface area contributed by atoms with Crippen LogP contribution in [0.25, 0.3) is 0 Å². The Balaban J connectivity index is 1.54. The summed E-state index contributed by atoms with van der Waals surface area (Å²) < 4.78 is 0. The minimum atomic E-state index is -0.385. The van der Waals surface area contributed by atoms with E-state index in [1.807, 2.05) is 6.92 Å². The molecule has 0 aliphatic heterocycles. The summed E-state index contributed by atoms with van der Waals surface area (Å²) in [6.07, 6.45) is 16.9. The van der Waals surface area contributed by atoms with Gasteiger partial charge < -0.3 is 10.2 Å². The number of fused-ring (bicyclic) bond motifs is 1. The first-order valence-electron chi connectivity index (χ1n) is 10.8. The first kappa shape index (κ1) is 19.0. The zero-order valence-corrected chi connectivity index (χ0v) is 16.9. The molecular formula is C25H34O2. The lowest BCUT2D eigenvalue weighted by Gasteiger charge is -2.43. The molecule has 4 aliphatic carbocycles. The van der Waals surface area contributed by atoms with Crippen LogP contribution in [0.2, 0.25) is 0 Å². The Morgan fingerprint density at radius 2 is 1.89 bits per heavy atom. The highest BCUT2D eigenvalue weighted by molar-refractivity contribution is 5.40. The number of aliphatic hydroxyl groups excluding tert-OH is 2. The van der Waals surface area contributed by atoms with Crippen LogP contribution in [0.3, 0.4) is 0 Å². The second kappa shape index (κ2) is 7.26. The molecule has 4 aliphatic rings. The Kier molecular flexibility index (Phi) is 5.12. The van der Waals surface area contributed by atoms with Gasteiger partial charge in [0.05, 0.1) is 12.2 Å². The molecular weight excluding hydrogens is 332 g/mol. The normalized spacial score (nSPS) is 38.7. The van der Waals surface area contributed by atoms with Crippen LogP contribution in [0.5, 0.6) is 0 Å². The molecule has 0 aromatic rings. The van der Waals surface area contributed by atoms with Gasteiger partial charge in [0.1, 0.15) is 0 Å². The van der Waals surface area contributed by atoms with Gasteiger partial charge >= 0.3 is 0 Å². The van der Waals surface area contributed by atoms with E-state index >= 15 is 0 Å². The maximum Gasteiger partial charge on any atom is 0.0602 e. The van der Waals surface area contributed by atoms with Gasteiger partial charge in [-0.2, -0.15) is 0 Å². The molecule has 3 fully saturated rings. The van der Waals surface area contributed by atoms with E-state index in [0.717, 1.165) is 6.42 Å². The summed E-state index contributed by atoms with van der Waals surface area (Å²) >= 11 is 0. The topological polar surface area (TPSA) is 40.5 Å². The van der Waals surface area contributed by atoms with E-state index in [4.69, 9.17) is 0 Å². The number of rotatable bonds is 3. The van der Waals surface area contributed by atoms with Gasteiger partial charge in [0, 0.05) is 11.8 Å². The molecule has 146 valence electrons. The number of hydrogen-bond acceptors (Lipinski definition) is 2. The van der Waals surface area contributed by atoms with E-state index in [2.05, 4.69) is 37.0 Å². The fourth-order valence-electron chi connectivity index (χ4n) is 6.12. The first-order chi connectivity index (χ1) is 13.0. The molecule has 2 N–H and O–H groups in total. The third-order valence-corrected chi connectivity index (χ3v) is 7.65. The van der Waals surface area contributed by atoms with E-state index < -0.39 is 0 Å². The second-order valence-corrected chi connectivity index (χ2v) is 9.58. The lowest BCUT2D eigenvalue weighted by Crippen LogP contribution is -2.33. The van der Waals surface area contributed by atoms with Crippen molar-refractivity contribution in [2.24, 2.45) is 16.7 Å². The van der Waals surface area contributed by atoms with Crippen molar-refractivity contribution in [2.75, 3.05) is 0 Å². The summed E-state index contributed by atoms with van der Waals surface area (Å²) in [5.41, 5.74) is 5.17. The average Bonchev–Trinajstić information content (AvgIpc) is 3.31. The molecule has 0 amide bonds. The molecule has 0 aromatic carbocycles. The quantitative estimate of drug-likeness (QED) is 0.540. The Bertz CT molecular complexity index is 728. The molecule has 0 unspecified atom stereocenters. The van der Waals surface area contributed by atoms with Crippen molar-refractivity contribution in [1.29, 1.82) is 0 Å². The maximum absolute atomic E-state index is 9.94. The van der Waals surface area contributed by atoms with Crippen molar-refractivity contribution < 1.29 is 10.2 Å². The summed E-state index contributed by atoms with van der Waals surface area (Å²) in [7, 11) is 0. The Labute approximate surface area is 164 Å². The average molecular weight is 367 g/mol. The predicted octanol–water partition coefficient (Wildman–Crippen LogP) is 5.08. The Hall–Kier alpha value is -1.30. The summed E-state index contributed by atoms with van der Waals surface area (Å²) in [6, 6.07) is 0. The van der Waals surface area contributed by atoms with Crippen LogP contribution >= 0.6 is 0 Å². The van der Waals surface area contributed by atoms with Gasteiger partial charge in [0.2, 0.25) is 0 Å². The van der Waals surface area contributed by atoms with Crippen LogP contribution in [0.1, 0.15) is 78.1 Å². The smallest absolute Gasteiger partial charge is 0.0602 e. The van der Waals surface area contributed by atoms with Crippen LogP contribution < -0.4 is 0 Å². The van der Waals surface area contributed by atoms with E-state index in [0.29, 0.717) is 36.0 Å². The summed E-state index contributed by atoms with van der Waals surface area (Å²) in [4.78, 5) is 0. The van der Waals surface area contributed by atoms with Crippen molar-refractivity contribution >= 4 is 0 Å². The lowest BCUT2D eigenvalue weighted by molar-refractivity contribution is 0.0609. The van der Waals surface area contributed by atoms with Crippen LogP contribution in [-0.4, -0.2) is 22.4 Å². The second-order valence-electron chi connectivity index (χ2n) is 9.58. The molecule has 27 heavy (non-hydrogen) atoms. The summed E-state index contributed by atoms with van der Waals surface area (Å²) in [6.45, 7) is 4.46. The monoisotopic (exact) mass is 366 g/mol. The first-order valence-corrected chi connectivity index (χ1v) is 10.8. The lowest BCUT2D eigenvalue weighted by atomic mass is 9.61. The van der Waals surface area contributed by atoms with Crippen molar-refractivity contribution in [3.05, 3.63) is 34.9 Å². The fourth-order valence-corrected chi connectivity index (χ4v) is 6.12. The van der Waals surface area contributed by atoms with Crippen LogP contribution in [-0.2, 0) is 0 Å². The van der Waals surface area contributed by atoms with Crippen LogP contribution in [0.4, 0.5) is 0 Å². The Morgan fingerprint density at radius 3 is 2.56 bits per heavy atom. The predicted molar refractivity (Wildman–Crippen MR) is 110 cm³/mol. The zero-order chi connectivity index (χ0) is 19.1. The number of aliphatic hydroxyl groups is 2. The Morgan fingerprint density at radius 1 is 1.15 bits per heavy atom. The molecule has 3 saturated carbocycles. The maximum atomic E-state index is 9.94. The summed E-state index contributed by atoms with van der Waals surface area (Å²) in [5.74, 6) is 7.10. The molecule has 0 aromatic heterocycles. The molecule has 0 spiro atoms. The number of allylic oxidation sites excluding steroid dienone is 5. The van der Waals surface area contributed by atoms with Crippen LogP contribution in [0, 0.1) is 28.6 Å². The SMILES string of the molecule is CC#CCC1(C2=CC[C@H]3/C(=C/C=C4C[C@@H](O)C[C@H](O)C4)CCC[C@]23C)CC1. The van der Waals surface area contributed by atoms with E-state index in [-0.39, 0.29) is 12.2 Å². The minimum absolute atomic E-state index is 0.306. The molecule has 2 heteroatoms.